The number of nitrogens with zero attached hydrogens (tertiary/aromatic N) is 1. The van der Waals surface area contributed by atoms with Gasteiger partial charge < -0.3 is 8.98 Å². The fourth-order valence-electron chi connectivity index (χ4n) is 6.40. The lowest BCUT2D eigenvalue weighted by Gasteiger charge is -2.21. The number of hydrogen-bond donors (Lipinski definition) is 0. The molecule has 2 heteroatoms. The van der Waals surface area contributed by atoms with Gasteiger partial charge in [-0.2, -0.15) is 0 Å². The maximum atomic E-state index is 6.57. The van der Waals surface area contributed by atoms with Gasteiger partial charge in [0.1, 0.15) is 5.58 Å². The maximum Gasteiger partial charge on any atom is 0.160 e. The Balaban J connectivity index is 1.61. The smallest absolute Gasteiger partial charge is 0.160 e. The first-order valence-electron chi connectivity index (χ1n) is 12.2. The second-order valence-electron chi connectivity index (χ2n) is 10.2. The average molecular weight is 450 g/mol. The molecule has 0 radical (unpaired) electrons. The molecule has 0 atom stereocenters. The second-order valence-corrected chi connectivity index (χ2v) is 10.2. The van der Waals surface area contributed by atoms with Gasteiger partial charge in [-0.15, -0.1) is 0 Å². The quantitative estimate of drug-likeness (QED) is 0.244. The fourth-order valence-corrected chi connectivity index (χ4v) is 6.40. The van der Waals surface area contributed by atoms with Gasteiger partial charge in [0.25, 0.3) is 0 Å². The number of hydrogen-bond acceptors (Lipinski definition) is 1. The molecule has 0 fully saturated rings. The minimum Gasteiger partial charge on any atom is -0.454 e. The van der Waals surface area contributed by atoms with Crippen molar-refractivity contribution in [2.24, 2.45) is 0 Å². The number of rotatable bonds is 1. The standard InChI is InChI=1S/C33H23NO/c1-33(2)25-13-6-3-12-24(25)30-26(33)14-9-16-28(30)34-27-15-7-4-10-20(27)22-18-19-23-21-11-5-8-17-29(21)35-32(23)31(22)34/h3-19H,1-2H3. The zero-order valence-corrected chi connectivity index (χ0v) is 19.7. The van der Waals surface area contributed by atoms with Crippen LogP contribution in [0.3, 0.4) is 0 Å². The van der Waals surface area contributed by atoms with Crippen molar-refractivity contribution in [2.75, 3.05) is 0 Å². The summed E-state index contributed by atoms with van der Waals surface area (Å²) in [6, 6.07) is 37.2. The third-order valence-electron chi connectivity index (χ3n) is 8.01. The molecule has 0 saturated heterocycles. The van der Waals surface area contributed by atoms with E-state index in [0.29, 0.717) is 0 Å². The number of benzene rings is 5. The van der Waals surface area contributed by atoms with Crippen LogP contribution in [0.15, 0.2) is 108 Å². The van der Waals surface area contributed by atoms with E-state index < -0.39 is 0 Å². The van der Waals surface area contributed by atoms with Gasteiger partial charge in [-0.05, 0) is 41.0 Å². The SMILES string of the molecule is CC1(C)c2ccccc2-c2c(-n3c4ccccc4c4ccc5c6ccccc6oc5c43)cccc21. The third-order valence-corrected chi connectivity index (χ3v) is 8.01. The molecular weight excluding hydrogens is 426 g/mol. The van der Waals surface area contributed by atoms with Crippen LogP contribution in [0.2, 0.25) is 0 Å². The zero-order valence-electron chi connectivity index (χ0n) is 19.7. The molecule has 0 N–H and O–H groups in total. The van der Waals surface area contributed by atoms with Crippen LogP contribution in [0.1, 0.15) is 25.0 Å². The molecule has 2 heterocycles. The van der Waals surface area contributed by atoms with E-state index in [4.69, 9.17) is 4.42 Å². The van der Waals surface area contributed by atoms with Gasteiger partial charge in [0, 0.05) is 32.5 Å². The summed E-state index contributed by atoms with van der Waals surface area (Å²) in [6.07, 6.45) is 0. The summed E-state index contributed by atoms with van der Waals surface area (Å²) in [7, 11) is 0. The molecule has 166 valence electrons. The Kier molecular flexibility index (Phi) is 3.50. The van der Waals surface area contributed by atoms with E-state index in [9.17, 15) is 0 Å². The maximum absolute atomic E-state index is 6.57. The van der Waals surface area contributed by atoms with Gasteiger partial charge in [-0.3, -0.25) is 0 Å². The van der Waals surface area contributed by atoms with Crippen LogP contribution in [0.25, 0.3) is 60.6 Å². The Labute approximate surface area is 203 Å². The van der Waals surface area contributed by atoms with E-state index in [-0.39, 0.29) is 5.41 Å². The first kappa shape index (κ1) is 19.1. The van der Waals surface area contributed by atoms with Crippen LogP contribution in [-0.4, -0.2) is 4.57 Å². The van der Waals surface area contributed by atoms with E-state index in [2.05, 4.69) is 115 Å². The average Bonchev–Trinajstić information content (AvgIpc) is 3.51. The Morgan fingerprint density at radius 1 is 0.600 bits per heavy atom. The minimum atomic E-state index is -0.0462. The highest BCUT2D eigenvalue weighted by Gasteiger charge is 2.37. The number of fused-ring (bicyclic) bond motifs is 10. The molecular formula is C33H23NO. The summed E-state index contributed by atoms with van der Waals surface area (Å²) in [6.45, 7) is 4.68. The summed E-state index contributed by atoms with van der Waals surface area (Å²) in [4.78, 5) is 0. The number of para-hydroxylation sites is 2. The van der Waals surface area contributed by atoms with Crippen LogP contribution in [0.5, 0.6) is 0 Å². The lowest BCUT2D eigenvalue weighted by molar-refractivity contribution is 0.660. The molecule has 2 nitrogen and oxygen atoms in total. The lowest BCUT2D eigenvalue weighted by Crippen LogP contribution is -2.14. The monoisotopic (exact) mass is 449 g/mol. The molecule has 0 aliphatic heterocycles. The fraction of sp³-hybridized carbons (Fsp3) is 0.0909. The number of furan rings is 1. The highest BCUT2D eigenvalue weighted by molar-refractivity contribution is 6.21. The van der Waals surface area contributed by atoms with Gasteiger partial charge in [0.2, 0.25) is 0 Å². The third kappa shape index (κ3) is 2.29. The molecule has 8 rings (SSSR count). The normalized spacial score (nSPS) is 14.2. The molecule has 2 aromatic heterocycles. The summed E-state index contributed by atoms with van der Waals surface area (Å²) < 4.78 is 9.00. The van der Waals surface area contributed by atoms with Crippen molar-refractivity contribution in [3.63, 3.8) is 0 Å². The molecule has 0 spiro atoms. The van der Waals surface area contributed by atoms with Crippen molar-refractivity contribution in [2.45, 2.75) is 19.3 Å². The van der Waals surface area contributed by atoms with Crippen molar-refractivity contribution in [3.8, 4) is 16.8 Å². The van der Waals surface area contributed by atoms with Gasteiger partial charge in [-0.1, -0.05) is 92.7 Å². The molecule has 0 unspecified atom stereocenters. The van der Waals surface area contributed by atoms with Crippen LogP contribution < -0.4 is 0 Å². The van der Waals surface area contributed by atoms with E-state index in [1.807, 2.05) is 6.07 Å². The van der Waals surface area contributed by atoms with Gasteiger partial charge in [0.15, 0.2) is 5.58 Å². The minimum absolute atomic E-state index is 0.0462. The Hall–Kier alpha value is -4.30. The predicted octanol–water partition coefficient (Wildman–Crippen LogP) is 8.99. The number of aromatic nitrogens is 1. The van der Waals surface area contributed by atoms with Crippen molar-refractivity contribution in [3.05, 3.63) is 114 Å². The van der Waals surface area contributed by atoms with Crippen molar-refractivity contribution in [1.82, 2.24) is 4.57 Å². The Morgan fingerprint density at radius 3 is 2.23 bits per heavy atom. The summed E-state index contributed by atoms with van der Waals surface area (Å²) in [5.74, 6) is 0. The van der Waals surface area contributed by atoms with Gasteiger partial charge in [0.05, 0.1) is 16.7 Å². The van der Waals surface area contributed by atoms with Crippen LogP contribution >= 0.6 is 0 Å². The first-order valence-corrected chi connectivity index (χ1v) is 12.2. The van der Waals surface area contributed by atoms with Crippen LogP contribution in [-0.2, 0) is 5.41 Å². The molecule has 1 aliphatic rings. The molecule has 7 aromatic rings. The highest BCUT2D eigenvalue weighted by Crippen LogP contribution is 2.52. The lowest BCUT2D eigenvalue weighted by atomic mass is 9.82. The van der Waals surface area contributed by atoms with Crippen LogP contribution in [0, 0.1) is 0 Å². The molecule has 0 amide bonds. The summed E-state index contributed by atoms with van der Waals surface area (Å²) in [5, 5.41) is 4.78. The summed E-state index contributed by atoms with van der Waals surface area (Å²) in [5.41, 5.74) is 10.8. The second kappa shape index (κ2) is 6.43. The molecule has 35 heavy (non-hydrogen) atoms. The zero-order chi connectivity index (χ0) is 23.3. The topological polar surface area (TPSA) is 18.1 Å². The van der Waals surface area contributed by atoms with Gasteiger partial charge in [-0.25, -0.2) is 0 Å². The molecule has 1 aliphatic carbocycles. The Bertz CT molecular complexity index is 1980. The predicted molar refractivity (Wildman–Crippen MR) is 146 cm³/mol. The van der Waals surface area contributed by atoms with Gasteiger partial charge >= 0.3 is 0 Å². The largest absolute Gasteiger partial charge is 0.454 e. The molecule has 5 aromatic carbocycles. The van der Waals surface area contributed by atoms with Crippen molar-refractivity contribution < 1.29 is 4.42 Å². The Morgan fingerprint density at radius 2 is 1.31 bits per heavy atom. The summed E-state index contributed by atoms with van der Waals surface area (Å²) >= 11 is 0. The van der Waals surface area contributed by atoms with Crippen molar-refractivity contribution in [1.29, 1.82) is 0 Å². The first-order chi connectivity index (χ1) is 17.1. The van der Waals surface area contributed by atoms with Crippen LogP contribution in [0.4, 0.5) is 0 Å². The molecule has 0 bridgehead atoms. The van der Waals surface area contributed by atoms with E-state index in [0.717, 1.165) is 27.5 Å². The van der Waals surface area contributed by atoms with Crippen molar-refractivity contribution >= 4 is 43.7 Å². The van der Waals surface area contributed by atoms with E-state index in [1.165, 1.54) is 44.2 Å². The molecule has 0 saturated carbocycles. The highest BCUT2D eigenvalue weighted by atomic mass is 16.3. The van der Waals surface area contributed by atoms with E-state index >= 15 is 0 Å². The van der Waals surface area contributed by atoms with E-state index in [1.54, 1.807) is 0 Å².